The van der Waals surface area contributed by atoms with Gasteiger partial charge >= 0.3 is 0 Å². The SMILES string of the molecule is CC1CCC(C(C)C)C([C@]2(CO)CC[C@H]3[C@@H](CC[C@@H]4C[C@@H](O)CC[C@]43C3CC(C)CCC3C(C)C)C2)C1. The standard InChI is InChI=1S/C35H62O2/c1-22(2)29-11-7-24(5)17-32(29)34(21-36)15-14-31-26(20-34)9-10-27-19-28(37)13-16-35(27,31)33-18-25(6)8-12-30(33)23(3)4/h22-33,36-37H,7-21H2,1-6H3/t24?,25?,26-,27+,28-,29?,30?,31-,32?,33?,34+,35-/m0/s1. The first-order valence-electron chi connectivity index (χ1n) is 16.9. The van der Waals surface area contributed by atoms with E-state index in [0.717, 1.165) is 72.0 Å². The van der Waals surface area contributed by atoms with Gasteiger partial charge in [0.2, 0.25) is 0 Å². The molecule has 0 aromatic carbocycles. The molecule has 5 saturated carbocycles. The Morgan fingerprint density at radius 2 is 1.30 bits per heavy atom. The molecule has 5 aliphatic rings. The fourth-order valence-electron chi connectivity index (χ4n) is 12.1. The van der Waals surface area contributed by atoms with Gasteiger partial charge in [0.15, 0.2) is 0 Å². The lowest BCUT2D eigenvalue weighted by Crippen LogP contribution is -2.59. The summed E-state index contributed by atoms with van der Waals surface area (Å²) in [6.07, 6.45) is 18.3. The van der Waals surface area contributed by atoms with Crippen molar-refractivity contribution in [1.82, 2.24) is 0 Å². The summed E-state index contributed by atoms with van der Waals surface area (Å²) in [6.45, 7) is 15.3. The second kappa shape index (κ2) is 11.1. The summed E-state index contributed by atoms with van der Waals surface area (Å²) >= 11 is 0. The van der Waals surface area contributed by atoms with Crippen LogP contribution in [0.3, 0.4) is 0 Å². The molecule has 0 aromatic rings. The van der Waals surface area contributed by atoms with Crippen LogP contribution < -0.4 is 0 Å². The van der Waals surface area contributed by atoms with Crippen molar-refractivity contribution in [2.75, 3.05) is 6.61 Å². The maximum Gasteiger partial charge on any atom is 0.0543 e. The molecule has 214 valence electrons. The molecule has 5 aliphatic carbocycles. The lowest BCUT2D eigenvalue weighted by Gasteiger charge is -2.66. The third kappa shape index (κ3) is 5.00. The second-order valence-corrected chi connectivity index (χ2v) is 16.3. The third-order valence-electron chi connectivity index (χ3n) is 13.8. The zero-order chi connectivity index (χ0) is 26.5. The first kappa shape index (κ1) is 28.4. The summed E-state index contributed by atoms with van der Waals surface area (Å²) in [7, 11) is 0. The van der Waals surface area contributed by atoms with E-state index in [2.05, 4.69) is 41.5 Å². The van der Waals surface area contributed by atoms with Crippen LogP contribution in [0.1, 0.15) is 131 Å². The van der Waals surface area contributed by atoms with Gasteiger partial charge in [0, 0.05) is 6.61 Å². The molecule has 0 saturated heterocycles. The molecule has 12 atom stereocenters. The van der Waals surface area contributed by atoms with Crippen LogP contribution in [0.5, 0.6) is 0 Å². The van der Waals surface area contributed by atoms with Gasteiger partial charge in [0.05, 0.1) is 6.10 Å². The van der Waals surface area contributed by atoms with Gasteiger partial charge in [-0.15, -0.1) is 0 Å². The molecular weight excluding hydrogens is 452 g/mol. The van der Waals surface area contributed by atoms with Crippen LogP contribution >= 0.6 is 0 Å². The normalized spacial score (nSPS) is 51.1. The maximum atomic E-state index is 11.2. The molecule has 2 heteroatoms. The van der Waals surface area contributed by atoms with Crippen LogP contribution in [0.2, 0.25) is 0 Å². The highest BCUT2D eigenvalue weighted by Crippen LogP contribution is 2.69. The van der Waals surface area contributed by atoms with Crippen molar-refractivity contribution in [3.8, 4) is 0 Å². The first-order chi connectivity index (χ1) is 17.6. The Kier molecular flexibility index (Phi) is 8.51. The molecule has 0 amide bonds. The topological polar surface area (TPSA) is 40.5 Å². The van der Waals surface area contributed by atoms with Crippen LogP contribution in [0.25, 0.3) is 0 Å². The molecule has 5 rings (SSSR count). The highest BCUT2D eigenvalue weighted by Gasteiger charge is 2.62. The Morgan fingerprint density at radius 3 is 1.92 bits per heavy atom. The van der Waals surface area contributed by atoms with Crippen molar-refractivity contribution >= 4 is 0 Å². The highest BCUT2D eigenvalue weighted by molar-refractivity contribution is 5.11. The fraction of sp³-hybridized carbons (Fsp3) is 1.00. The predicted molar refractivity (Wildman–Crippen MR) is 155 cm³/mol. The van der Waals surface area contributed by atoms with Gasteiger partial charge in [-0.05, 0) is 153 Å². The molecule has 0 aromatic heterocycles. The number of hydrogen-bond acceptors (Lipinski definition) is 2. The van der Waals surface area contributed by atoms with Crippen molar-refractivity contribution < 1.29 is 10.2 Å². The van der Waals surface area contributed by atoms with Crippen molar-refractivity contribution in [2.24, 2.45) is 75.9 Å². The molecule has 5 fully saturated rings. The molecule has 0 aliphatic heterocycles. The highest BCUT2D eigenvalue weighted by atomic mass is 16.3. The van der Waals surface area contributed by atoms with Gasteiger partial charge in [-0.2, -0.15) is 0 Å². The Labute approximate surface area is 230 Å². The Morgan fingerprint density at radius 1 is 0.676 bits per heavy atom. The van der Waals surface area contributed by atoms with E-state index in [1.54, 1.807) is 0 Å². The van der Waals surface area contributed by atoms with Gasteiger partial charge in [-0.25, -0.2) is 0 Å². The monoisotopic (exact) mass is 514 g/mol. The molecule has 6 unspecified atom stereocenters. The quantitative estimate of drug-likeness (QED) is 0.385. The van der Waals surface area contributed by atoms with E-state index in [9.17, 15) is 10.2 Å². The van der Waals surface area contributed by atoms with Gasteiger partial charge in [0.1, 0.15) is 0 Å². The number of hydrogen-bond donors (Lipinski definition) is 2. The summed E-state index contributed by atoms with van der Waals surface area (Å²) in [4.78, 5) is 0. The van der Waals surface area contributed by atoms with Crippen LogP contribution in [0.15, 0.2) is 0 Å². The lowest BCUT2D eigenvalue weighted by molar-refractivity contribution is -0.183. The molecule has 0 heterocycles. The zero-order valence-electron chi connectivity index (χ0n) is 25.4. The maximum absolute atomic E-state index is 11.2. The van der Waals surface area contributed by atoms with E-state index >= 15 is 0 Å². The molecule has 2 N–H and O–H groups in total. The van der Waals surface area contributed by atoms with Crippen LogP contribution in [-0.2, 0) is 0 Å². The molecule has 0 bridgehead atoms. The van der Waals surface area contributed by atoms with E-state index in [0.29, 0.717) is 17.9 Å². The number of aliphatic hydroxyl groups excluding tert-OH is 2. The van der Waals surface area contributed by atoms with Crippen molar-refractivity contribution in [1.29, 1.82) is 0 Å². The van der Waals surface area contributed by atoms with E-state index in [1.807, 2.05) is 0 Å². The molecule has 37 heavy (non-hydrogen) atoms. The minimum absolute atomic E-state index is 0.0659. The summed E-state index contributed by atoms with van der Waals surface area (Å²) in [6, 6.07) is 0. The van der Waals surface area contributed by atoms with E-state index in [4.69, 9.17) is 0 Å². The minimum Gasteiger partial charge on any atom is -0.396 e. The molecule has 0 radical (unpaired) electrons. The van der Waals surface area contributed by atoms with E-state index in [1.165, 1.54) is 77.0 Å². The summed E-state index contributed by atoms with van der Waals surface area (Å²) < 4.78 is 0. The fourth-order valence-corrected chi connectivity index (χ4v) is 12.1. The Bertz CT molecular complexity index is 760. The smallest absolute Gasteiger partial charge is 0.0543 e. The van der Waals surface area contributed by atoms with Crippen LogP contribution in [-0.4, -0.2) is 22.9 Å². The van der Waals surface area contributed by atoms with Crippen molar-refractivity contribution in [3.63, 3.8) is 0 Å². The Hall–Kier alpha value is -0.0800. The van der Waals surface area contributed by atoms with Crippen LogP contribution in [0.4, 0.5) is 0 Å². The largest absolute Gasteiger partial charge is 0.396 e. The summed E-state index contributed by atoms with van der Waals surface area (Å²) in [5.41, 5.74) is 0.606. The van der Waals surface area contributed by atoms with Gasteiger partial charge in [0.25, 0.3) is 0 Å². The van der Waals surface area contributed by atoms with E-state index in [-0.39, 0.29) is 11.5 Å². The van der Waals surface area contributed by atoms with Crippen molar-refractivity contribution in [2.45, 2.75) is 138 Å². The molecular formula is C35H62O2. The average molecular weight is 515 g/mol. The first-order valence-corrected chi connectivity index (χ1v) is 16.9. The van der Waals surface area contributed by atoms with E-state index < -0.39 is 0 Å². The second-order valence-electron chi connectivity index (χ2n) is 16.3. The number of rotatable bonds is 5. The molecule has 2 nitrogen and oxygen atoms in total. The van der Waals surface area contributed by atoms with Crippen molar-refractivity contribution in [3.05, 3.63) is 0 Å². The zero-order valence-corrected chi connectivity index (χ0v) is 25.4. The number of aliphatic hydroxyl groups is 2. The summed E-state index contributed by atoms with van der Waals surface area (Å²) in [5.74, 6) is 8.75. The number of fused-ring (bicyclic) bond motifs is 3. The summed E-state index contributed by atoms with van der Waals surface area (Å²) in [5, 5.41) is 22.0. The Balaban J connectivity index is 1.48. The lowest BCUT2D eigenvalue weighted by atomic mass is 9.39. The van der Waals surface area contributed by atoms with Gasteiger partial charge < -0.3 is 10.2 Å². The predicted octanol–water partition coefficient (Wildman–Crippen LogP) is 8.74. The van der Waals surface area contributed by atoms with Crippen LogP contribution in [0, 0.1) is 75.9 Å². The van der Waals surface area contributed by atoms with Gasteiger partial charge in [-0.1, -0.05) is 54.4 Å². The minimum atomic E-state index is -0.0659. The molecule has 0 spiro atoms. The average Bonchev–Trinajstić information content (AvgIpc) is 2.87. The third-order valence-corrected chi connectivity index (χ3v) is 13.8. The van der Waals surface area contributed by atoms with Gasteiger partial charge in [-0.3, -0.25) is 0 Å².